The van der Waals surface area contributed by atoms with Crippen LogP contribution in [-0.2, 0) is 10.0 Å². The molecule has 0 heterocycles. The summed E-state index contributed by atoms with van der Waals surface area (Å²) in [7, 11) is -4.38. The molecule has 1 atom stereocenters. The van der Waals surface area contributed by atoms with Gasteiger partial charge in [0.2, 0.25) is 10.0 Å². The van der Waals surface area contributed by atoms with Gasteiger partial charge in [0.25, 0.3) is 0 Å². The van der Waals surface area contributed by atoms with Crippen LogP contribution in [0.3, 0.4) is 0 Å². The van der Waals surface area contributed by atoms with Gasteiger partial charge in [0, 0.05) is 6.04 Å². The first-order chi connectivity index (χ1) is 11.8. The van der Waals surface area contributed by atoms with E-state index in [0.717, 1.165) is 10.8 Å². The zero-order valence-electron chi connectivity index (χ0n) is 13.1. The summed E-state index contributed by atoms with van der Waals surface area (Å²) in [6.45, 7) is 1.59. The van der Waals surface area contributed by atoms with Crippen molar-refractivity contribution in [1.29, 1.82) is 0 Å². The van der Waals surface area contributed by atoms with E-state index in [1.807, 2.05) is 30.3 Å². The summed E-state index contributed by atoms with van der Waals surface area (Å²) < 4.78 is 67.3. The van der Waals surface area contributed by atoms with Gasteiger partial charge < -0.3 is 0 Å². The third-order valence-corrected chi connectivity index (χ3v) is 5.47. The Morgan fingerprint density at radius 3 is 2.32 bits per heavy atom. The highest BCUT2D eigenvalue weighted by Crippen LogP contribution is 2.26. The average Bonchev–Trinajstić information content (AvgIpc) is 2.58. The van der Waals surface area contributed by atoms with Gasteiger partial charge in [-0.15, -0.1) is 0 Å². The fourth-order valence-corrected chi connectivity index (χ4v) is 4.00. The maximum atomic E-state index is 13.8. The van der Waals surface area contributed by atoms with Crippen molar-refractivity contribution < 1.29 is 21.6 Å². The Bertz CT molecular complexity index is 1050. The summed E-state index contributed by atoms with van der Waals surface area (Å²) in [5.74, 6) is -5.00. The third-order valence-electron chi connectivity index (χ3n) is 3.91. The molecule has 0 saturated heterocycles. The lowest BCUT2D eigenvalue weighted by molar-refractivity contribution is 0.431. The lowest BCUT2D eigenvalue weighted by Crippen LogP contribution is -2.28. The Morgan fingerprint density at radius 1 is 0.880 bits per heavy atom. The number of benzene rings is 3. The predicted octanol–water partition coefficient (Wildman–Crippen LogP) is 4.30. The molecule has 0 aromatic heterocycles. The molecule has 0 saturated carbocycles. The van der Waals surface area contributed by atoms with Crippen LogP contribution in [0.25, 0.3) is 10.8 Å². The number of nitrogens with one attached hydrogen (secondary N) is 1. The van der Waals surface area contributed by atoms with E-state index in [1.165, 1.54) is 0 Å². The van der Waals surface area contributed by atoms with E-state index >= 15 is 0 Å². The lowest BCUT2D eigenvalue weighted by Gasteiger charge is -2.17. The molecule has 3 nitrogen and oxygen atoms in total. The number of rotatable bonds is 4. The standard InChI is InChI=1S/C18H14F3NO2S/c1-11(13-8-4-6-12-5-2-3-7-14(12)13)22-25(23,24)16-10-9-15(19)17(20)18(16)21/h2-11,22H,1H3. The monoisotopic (exact) mass is 365 g/mol. The zero-order valence-corrected chi connectivity index (χ0v) is 13.9. The molecule has 0 aliphatic rings. The van der Waals surface area contributed by atoms with Crippen LogP contribution in [0, 0.1) is 17.5 Å². The van der Waals surface area contributed by atoms with E-state index < -0.39 is 38.4 Å². The molecule has 0 aliphatic heterocycles. The van der Waals surface area contributed by atoms with Crippen molar-refractivity contribution in [2.24, 2.45) is 0 Å². The minimum Gasteiger partial charge on any atom is -0.207 e. The van der Waals surface area contributed by atoms with Crippen molar-refractivity contribution in [3.05, 3.63) is 77.6 Å². The third kappa shape index (κ3) is 3.25. The molecule has 0 radical (unpaired) electrons. The number of halogens is 3. The molecule has 1 N–H and O–H groups in total. The molecule has 0 spiro atoms. The number of hydrogen-bond acceptors (Lipinski definition) is 2. The number of hydrogen-bond donors (Lipinski definition) is 1. The van der Waals surface area contributed by atoms with E-state index in [-0.39, 0.29) is 0 Å². The van der Waals surface area contributed by atoms with Crippen LogP contribution in [0.1, 0.15) is 18.5 Å². The van der Waals surface area contributed by atoms with E-state index in [2.05, 4.69) is 4.72 Å². The molecule has 130 valence electrons. The summed E-state index contributed by atoms with van der Waals surface area (Å²) in [4.78, 5) is -0.932. The Hall–Kier alpha value is -2.38. The van der Waals surface area contributed by atoms with Crippen LogP contribution in [0.15, 0.2) is 59.5 Å². The van der Waals surface area contributed by atoms with Gasteiger partial charge in [-0.25, -0.2) is 26.3 Å². The molecule has 0 amide bonds. The van der Waals surface area contributed by atoms with E-state index in [0.29, 0.717) is 17.7 Å². The maximum absolute atomic E-state index is 13.8. The molecule has 25 heavy (non-hydrogen) atoms. The largest absolute Gasteiger partial charge is 0.244 e. The molecule has 0 aliphatic carbocycles. The normalized spacial score (nSPS) is 13.1. The summed E-state index contributed by atoms with van der Waals surface area (Å²) in [6.07, 6.45) is 0. The topological polar surface area (TPSA) is 46.2 Å². The van der Waals surface area contributed by atoms with E-state index in [4.69, 9.17) is 0 Å². The number of sulfonamides is 1. The summed E-state index contributed by atoms with van der Waals surface area (Å²) in [5.41, 5.74) is 0.685. The minimum absolute atomic E-state index is 0.579. The Morgan fingerprint density at radius 2 is 1.56 bits per heavy atom. The van der Waals surface area contributed by atoms with Gasteiger partial charge in [0.1, 0.15) is 4.90 Å². The lowest BCUT2D eigenvalue weighted by atomic mass is 10.0. The molecule has 0 bridgehead atoms. The molecular formula is C18H14F3NO2S. The van der Waals surface area contributed by atoms with Crippen LogP contribution in [0.4, 0.5) is 13.2 Å². The van der Waals surface area contributed by atoms with E-state index in [1.54, 1.807) is 19.1 Å². The summed E-state index contributed by atoms with van der Waals surface area (Å²) in [6, 6.07) is 13.4. The number of fused-ring (bicyclic) bond motifs is 1. The molecule has 0 fully saturated rings. The van der Waals surface area contributed by atoms with Crippen LogP contribution < -0.4 is 4.72 Å². The van der Waals surface area contributed by atoms with E-state index in [9.17, 15) is 21.6 Å². The molecule has 3 rings (SSSR count). The smallest absolute Gasteiger partial charge is 0.207 e. The van der Waals surface area contributed by atoms with Crippen molar-refractivity contribution in [2.45, 2.75) is 17.9 Å². The SMILES string of the molecule is CC(NS(=O)(=O)c1ccc(F)c(F)c1F)c1cccc2ccccc12. The highest BCUT2D eigenvalue weighted by atomic mass is 32.2. The maximum Gasteiger partial charge on any atom is 0.244 e. The van der Waals surface area contributed by atoms with Gasteiger partial charge in [-0.3, -0.25) is 0 Å². The fourth-order valence-electron chi connectivity index (χ4n) is 2.70. The van der Waals surface area contributed by atoms with Crippen molar-refractivity contribution in [3.63, 3.8) is 0 Å². The second kappa shape index (κ2) is 6.50. The summed E-state index contributed by atoms with van der Waals surface area (Å²) >= 11 is 0. The second-order valence-corrected chi connectivity index (χ2v) is 7.27. The van der Waals surface area contributed by atoms with Crippen LogP contribution in [0.2, 0.25) is 0 Å². The van der Waals surface area contributed by atoms with Crippen LogP contribution >= 0.6 is 0 Å². The first kappa shape index (κ1) is 17.4. The highest BCUT2D eigenvalue weighted by Gasteiger charge is 2.26. The van der Waals surface area contributed by atoms with Crippen molar-refractivity contribution >= 4 is 20.8 Å². The molecule has 1 unspecified atom stereocenters. The van der Waals surface area contributed by atoms with Crippen molar-refractivity contribution in [1.82, 2.24) is 4.72 Å². The van der Waals surface area contributed by atoms with Crippen molar-refractivity contribution in [2.75, 3.05) is 0 Å². The van der Waals surface area contributed by atoms with Crippen LogP contribution in [0.5, 0.6) is 0 Å². The predicted molar refractivity (Wildman–Crippen MR) is 89.0 cm³/mol. The zero-order chi connectivity index (χ0) is 18.2. The Balaban J connectivity index is 1.99. The van der Waals surface area contributed by atoms with Gasteiger partial charge in [-0.2, -0.15) is 0 Å². The first-order valence-corrected chi connectivity index (χ1v) is 8.93. The van der Waals surface area contributed by atoms with Crippen LogP contribution in [-0.4, -0.2) is 8.42 Å². The highest BCUT2D eigenvalue weighted by molar-refractivity contribution is 7.89. The van der Waals surface area contributed by atoms with Gasteiger partial charge in [-0.1, -0.05) is 42.5 Å². The summed E-state index contributed by atoms with van der Waals surface area (Å²) in [5, 5.41) is 1.76. The van der Waals surface area contributed by atoms with Gasteiger partial charge in [-0.05, 0) is 35.4 Å². The van der Waals surface area contributed by atoms with Gasteiger partial charge in [0.05, 0.1) is 0 Å². The first-order valence-electron chi connectivity index (χ1n) is 7.45. The molecular weight excluding hydrogens is 351 g/mol. The van der Waals surface area contributed by atoms with Gasteiger partial charge in [0.15, 0.2) is 17.5 Å². The molecule has 3 aromatic carbocycles. The Labute approximate surface area is 143 Å². The molecule has 3 aromatic rings. The molecule has 7 heteroatoms. The fraction of sp³-hybridized carbons (Fsp3) is 0.111. The minimum atomic E-state index is -4.38. The van der Waals surface area contributed by atoms with Crippen molar-refractivity contribution in [3.8, 4) is 0 Å². The average molecular weight is 365 g/mol. The quantitative estimate of drug-likeness (QED) is 0.701. The van der Waals surface area contributed by atoms with Gasteiger partial charge >= 0.3 is 0 Å². The Kier molecular flexibility index (Phi) is 4.53. The second-order valence-electron chi connectivity index (χ2n) is 5.58.